The van der Waals surface area contributed by atoms with Gasteiger partial charge in [0.05, 0.1) is 15.9 Å². The normalized spacial score (nSPS) is 20.3. The van der Waals surface area contributed by atoms with E-state index in [-0.39, 0.29) is 0 Å². The van der Waals surface area contributed by atoms with Gasteiger partial charge in [-0.25, -0.2) is 0 Å². The predicted octanol–water partition coefficient (Wildman–Crippen LogP) is 3.83. The summed E-state index contributed by atoms with van der Waals surface area (Å²) in [5.74, 6) is 0.863. The summed E-state index contributed by atoms with van der Waals surface area (Å²) < 4.78 is 3.38. The summed E-state index contributed by atoms with van der Waals surface area (Å²) in [6, 6.07) is 0. The molecular formula is C14H23Br2N3. The molecule has 19 heavy (non-hydrogen) atoms. The lowest BCUT2D eigenvalue weighted by Crippen LogP contribution is -2.22. The van der Waals surface area contributed by atoms with Gasteiger partial charge in [0.2, 0.25) is 0 Å². The number of halogens is 2. The first-order valence-corrected chi connectivity index (χ1v) is 9.13. The summed E-state index contributed by atoms with van der Waals surface area (Å²) in [6.45, 7) is 8.76. The van der Waals surface area contributed by atoms with Crippen molar-refractivity contribution in [2.45, 2.75) is 46.2 Å². The summed E-state index contributed by atoms with van der Waals surface area (Å²) in [5, 5.41) is 5.81. The lowest BCUT2D eigenvalue weighted by molar-refractivity contribution is 0.304. The third kappa shape index (κ3) is 3.61. The Balaban J connectivity index is 2.05. The molecule has 108 valence electrons. The highest BCUT2D eigenvalue weighted by Crippen LogP contribution is 2.27. The highest BCUT2D eigenvalue weighted by Gasteiger charge is 2.24. The lowest BCUT2D eigenvalue weighted by atomic mass is 10.1. The maximum atomic E-state index is 4.68. The monoisotopic (exact) mass is 391 g/mol. The van der Waals surface area contributed by atoms with Crippen LogP contribution in [0, 0.1) is 5.92 Å². The van der Waals surface area contributed by atoms with E-state index in [0.717, 1.165) is 30.8 Å². The molecule has 1 aromatic rings. The number of nitrogens with zero attached hydrogens (tertiary/aromatic N) is 3. The van der Waals surface area contributed by atoms with Crippen LogP contribution in [0.3, 0.4) is 0 Å². The Morgan fingerprint density at radius 3 is 2.79 bits per heavy atom. The van der Waals surface area contributed by atoms with Crippen molar-refractivity contribution in [3.63, 3.8) is 0 Å². The summed E-state index contributed by atoms with van der Waals surface area (Å²) in [4.78, 5) is 2.57. The Bertz CT molecular complexity index is 417. The Hall–Kier alpha value is 0.130. The van der Waals surface area contributed by atoms with Crippen molar-refractivity contribution in [2.24, 2.45) is 5.92 Å². The van der Waals surface area contributed by atoms with Gasteiger partial charge in [0.15, 0.2) is 0 Å². The minimum absolute atomic E-state index is 0.863. The number of alkyl halides is 1. The smallest absolute Gasteiger partial charge is 0.0767 e. The molecule has 0 spiro atoms. The van der Waals surface area contributed by atoms with Gasteiger partial charge in [0.1, 0.15) is 0 Å². The molecule has 1 fully saturated rings. The number of aryl methyl sites for hydroxylation is 2. The average molecular weight is 393 g/mol. The first kappa shape index (κ1) is 15.5. The van der Waals surface area contributed by atoms with E-state index in [9.17, 15) is 0 Å². The molecule has 1 aliphatic heterocycles. The lowest BCUT2D eigenvalue weighted by Gasteiger charge is -2.17. The maximum absolute atomic E-state index is 4.68. The van der Waals surface area contributed by atoms with Crippen molar-refractivity contribution in [1.29, 1.82) is 0 Å². The van der Waals surface area contributed by atoms with Crippen LogP contribution in [-0.4, -0.2) is 33.1 Å². The second-order valence-electron chi connectivity index (χ2n) is 5.24. The Kier molecular flexibility index (Phi) is 5.90. The van der Waals surface area contributed by atoms with Crippen molar-refractivity contribution < 1.29 is 0 Å². The van der Waals surface area contributed by atoms with Crippen molar-refractivity contribution in [2.75, 3.05) is 18.4 Å². The van der Waals surface area contributed by atoms with Gasteiger partial charge in [-0.1, -0.05) is 22.9 Å². The molecule has 0 N–H and O–H groups in total. The first-order valence-electron chi connectivity index (χ1n) is 7.21. The van der Waals surface area contributed by atoms with Crippen molar-refractivity contribution in [3.8, 4) is 0 Å². The van der Waals surface area contributed by atoms with Gasteiger partial charge in [-0.2, -0.15) is 5.10 Å². The van der Waals surface area contributed by atoms with E-state index >= 15 is 0 Å². The number of hydrogen-bond acceptors (Lipinski definition) is 2. The number of aromatic nitrogens is 2. The fourth-order valence-corrected chi connectivity index (χ4v) is 4.16. The second kappa shape index (κ2) is 7.23. The molecule has 1 atom stereocenters. The van der Waals surface area contributed by atoms with Crippen LogP contribution in [0.25, 0.3) is 0 Å². The number of rotatable bonds is 6. The molecule has 2 heterocycles. The minimum Gasteiger partial charge on any atom is -0.297 e. The van der Waals surface area contributed by atoms with Gasteiger partial charge < -0.3 is 0 Å². The van der Waals surface area contributed by atoms with Crippen LogP contribution >= 0.6 is 31.9 Å². The molecule has 0 radical (unpaired) electrons. The van der Waals surface area contributed by atoms with Crippen LogP contribution in [-0.2, 0) is 19.5 Å². The highest BCUT2D eigenvalue weighted by atomic mass is 79.9. The quantitative estimate of drug-likeness (QED) is 0.686. The molecule has 3 nitrogen and oxygen atoms in total. The van der Waals surface area contributed by atoms with Gasteiger partial charge in [-0.15, -0.1) is 0 Å². The number of hydrogen-bond donors (Lipinski definition) is 0. The highest BCUT2D eigenvalue weighted by molar-refractivity contribution is 9.10. The standard InChI is InChI=1S/C14H23Br2N3/c1-3-12-14(16)13(19(4-2)17-12)10-18-8-6-11(9-18)5-7-15/h11H,3-10H2,1-2H3. The fourth-order valence-electron chi connectivity index (χ4n) is 2.83. The Labute approximate surface area is 133 Å². The first-order chi connectivity index (χ1) is 9.19. The summed E-state index contributed by atoms with van der Waals surface area (Å²) in [6.07, 6.45) is 3.63. The molecular weight excluding hydrogens is 370 g/mol. The van der Waals surface area contributed by atoms with Gasteiger partial charge in [-0.3, -0.25) is 9.58 Å². The SMILES string of the molecule is CCc1nn(CC)c(CN2CCC(CCBr)C2)c1Br. The van der Waals surface area contributed by atoms with Crippen LogP contribution < -0.4 is 0 Å². The van der Waals surface area contributed by atoms with E-state index in [2.05, 4.69) is 60.4 Å². The molecule has 1 unspecified atom stereocenters. The minimum atomic E-state index is 0.863. The average Bonchev–Trinajstić information content (AvgIpc) is 2.97. The van der Waals surface area contributed by atoms with Gasteiger partial charge in [-0.05, 0) is 54.6 Å². The molecule has 0 saturated carbocycles. The molecule has 5 heteroatoms. The van der Waals surface area contributed by atoms with Gasteiger partial charge in [0.25, 0.3) is 0 Å². The summed E-state index contributed by atoms with van der Waals surface area (Å²) in [5.41, 5.74) is 2.53. The second-order valence-corrected chi connectivity index (χ2v) is 6.83. The van der Waals surface area contributed by atoms with Gasteiger partial charge >= 0.3 is 0 Å². The number of likely N-dealkylation sites (tertiary alicyclic amines) is 1. The van der Waals surface area contributed by atoms with Crippen molar-refractivity contribution in [1.82, 2.24) is 14.7 Å². The molecule has 0 amide bonds. The topological polar surface area (TPSA) is 21.1 Å². The van der Waals surface area contributed by atoms with E-state index in [1.165, 1.54) is 41.8 Å². The van der Waals surface area contributed by atoms with E-state index in [0.29, 0.717) is 0 Å². The Morgan fingerprint density at radius 2 is 2.16 bits per heavy atom. The van der Waals surface area contributed by atoms with Crippen LogP contribution in [0.1, 0.15) is 38.1 Å². The van der Waals surface area contributed by atoms with Crippen LogP contribution in [0.5, 0.6) is 0 Å². The molecule has 0 aromatic carbocycles. The van der Waals surface area contributed by atoms with Crippen LogP contribution in [0.4, 0.5) is 0 Å². The largest absolute Gasteiger partial charge is 0.297 e. The fraction of sp³-hybridized carbons (Fsp3) is 0.786. The van der Waals surface area contributed by atoms with Crippen LogP contribution in [0.15, 0.2) is 4.47 Å². The maximum Gasteiger partial charge on any atom is 0.0767 e. The van der Waals surface area contributed by atoms with Crippen LogP contribution in [0.2, 0.25) is 0 Å². The van der Waals surface area contributed by atoms with E-state index in [4.69, 9.17) is 0 Å². The third-order valence-corrected chi connectivity index (χ3v) is 5.33. The molecule has 0 bridgehead atoms. The summed E-state index contributed by atoms with van der Waals surface area (Å²) >= 11 is 7.29. The van der Waals surface area contributed by atoms with E-state index in [1.807, 2.05) is 0 Å². The molecule has 2 rings (SSSR count). The Morgan fingerprint density at radius 1 is 1.37 bits per heavy atom. The molecule has 1 aliphatic rings. The van der Waals surface area contributed by atoms with E-state index < -0.39 is 0 Å². The molecule has 0 aliphatic carbocycles. The molecule has 1 saturated heterocycles. The predicted molar refractivity (Wildman–Crippen MR) is 86.8 cm³/mol. The molecule has 1 aromatic heterocycles. The third-order valence-electron chi connectivity index (χ3n) is 3.95. The zero-order valence-electron chi connectivity index (χ0n) is 11.8. The zero-order valence-corrected chi connectivity index (χ0v) is 15.0. The summed E-state index contributed by atoms with van der Waals surface area (Å²) in [7, 11) is 0. The van der Waals surface area contributed by atoms with Gasteiger partial charge in [0, 0.05) is 25.0 Å². The van der Waals surface area contributed by atoms with Crippen molar-refractivity contribution in [3.05, 3.63) is 15.9 Å². The van der Waals surface area contributed by atoms with Crippen molar-refractivity contribution >= 4 is 31.9 Å². The zero-order chi connectivity index (χ0) is 13.8. The van der Waals surface area contributed by atoms with E-state index in [1.54, 1.807) is 0 Å².